The Balaban J connectivity index is 1.69. The van der Waals surface area contributed by atoms with E-state index in [2.05, 4.69) is 0 Å². The normalized spacial score (nSPS) is 10.9. The SMILES string of the molecule is C/C=C/c1ccc(OCC(=O)N(Cc2ccco2)Cc2cccs2)c(OC)c1. The molecule has 0 spiro atoms. The molecule has 3 aromatic rings. The number of rotatable bonds is 9. The third-order valence-electron chi connectivity index (χ3n) is 4.10. The van der Waals surface area contributed by atoms with Crippen LogP contribution in [-0.4, -0.2) is 24.5 Å². The summed E-state index contributed by atoms with van der Waals surface area (Å²) < 4.78 is 16.6. The summed E-state index contributed by atoms with van der Waals surface area (Å²) in [6, 6.07) is 13.3. The van der Waals surface area contributed by atoms with Gasteiger partial charge in [0.15, 0.2) is 18.1 Å². The number of benzene rings is 1. The minimum atomic E-state index is -0.121. The number of hydrogen-bond donors (Lipinski definition) is 0. The number of furan rings is 1. The zero-order valence-corrected chi connectivity index (χ0v) is 16.8. The molecule has 0 radical (unpaired) electrons. The van der Waals surface area contributed by atoms with Crippen molar-refractivity contribution in [2.75, 3.05) is 13.7 Å². The van der Waals surface area contributed by atoms with E-state index in [1.165, 1.54) is 0 Å². The molecule has 0 bridgehead atoms. The van der Waals surface area contributed by atoms with E-state index in [4.69, 9.17) is 13.9 Å². The predicted molar refractivity (Wildman–Crippen MR) is 110 cm³/mol. The molecule has 6 heteroatoms. The Morgan fingerprint density at radius 1 is 1.18 bits per heavy atom. The van der Waals surface area contributed by atoms with E-state index in [9.17, 15) is 4.79 Å². The molecule has 3 rings (SSSR count). The van der Waals surface area contributed by atoms with E-state index in [-0.39, 0.29) is 12.5 Å². The van der Waals surface area contributed by atoms with Crippen LogP contribution in [0, 0.1) is 0 Å². The Kier molecular flexibility index (Phi) is 6.92. The predicted octanol–water partition coefficient (Wildman–Crippen LogP) is 4.99. The third kappa shape index (κ3) is 5.27. The molecule has 1 aromatic carbocycles. The van der Waals surface area contributed by atoms with Crippen LogP contribution in [-0.2, 0) is 17.9 Å². The molecule has 146 valence electrons. The van der Waals surface area contributed by atoms with Crippen molar-refractivity contribution in [2.24, 2.45) is 0 Å². The standard InChI is InChI=1S/C22H23NO4S/c1-3-6-17-9-10-20(21(13-17)25-2)27-16-22(24)23(14-18-7-4-11-26-18)15-19-8-5-12-28-19/h3-13H,14-16H2,1-2H3/b6-3+. The Bertz CT molecular complexity index is 865. The lowest BCUT2D eigenvalue weighted by Gasteiger charge is -2.21. The van der Waals surface area contributed by atoms with Gasteiger partial charge in [0.1, 0.15) is 5.76 Å². The molecule has 2 heterocycles. The lowest BCUT2D eigenvalue weighted by atomic mass is 10.2. The minimum Gasteiger partial charge on any atom is -0.493 e. The fraction of sp³-hybridized carbons (Fsp3) is 0.227. The van der Waals surface area contributed by atoms with Gasteiger partial charge in [0, 0.05) is 4.88 Å². The molecule has 0 aliphatic heterocycles. The zero-order valence-electron chi connectivity index (χ0n) is 16.0. The number of hydrogen-bond acceptors (Lipinski definition) is 5. The number of amides is 1. The van der Waals surface area contributed by atoms with E-state index < -0.39 is 0 Å². The first kappa shape index (κ1) is 19.8. The topological polar surface area (TPSA) is 51.9 Å². The molecule has 5 nitrogen and oxygen atoms in total. The maximum atomic E-state index is 12.8. The van der Waals surface area contributed by atoms with Crippen LogP contribution in [0.25, 0.3) is 6.08 Å². The number of carbonyl (C=O) groups is 1. The van der Waals surface area contributed by atoms with Crippen molar-refractivity contribution in [3.63, 3.8) is 0 Å². The molecule has 1 amide bonds. The van der Waals surface area contributed by atoms with Crippen molar-refractivity contribution < 1.29 is 18.7 Å². The summed E-state index contributed by atoms with van der Waals surface area (Å²) in [5.74, 6) is 1.75. The quantitative estimate of drug-likeness (QED) is 0.510. The lowest BCUT2D eigenvalue weighted by Crippen LogP contribution is -2.33. The second-order valence-electron chi connectivity index (χ2n) is 6.11. The van der Waals surface area contributed by atoms with Gasteiger partial charge in [0.25, 0.3) is 5.91 Å². The van der Waals surface area contributed by atoms with E-state index in [0.29, 0.717) is 24.6 Å². The number of allylic oxidation sites excluding steroid dienone is 1. The minimum absolute atomic E-state index is 0.0780. The number of ether oxygens (including phenoxy) is 2. The molecule has 0 saturated carbocycles. The highest BCUT2D eigenvalue weighted by Crippen LogP contribution is 2.28. The van der Waals surface area contributed by atoms with Gasteiger partial charge in [-0.15, -0.1) is 11.3 Å². The van der Waals surface area contributed by atoms with Crippen LogP contribution in [0.2, 0.25) is 0 Å². The Morgan fingerprint density at radius 2 is 2.07 bits per heavy atom. The average Bonchev–Trinajstić information content (AvgIpc) is 3.40. The fourth-order valence-corrected chi connectivity index (χ4v) is 3.46. The molecular formula is C22H23NO4S. The summed E-state index contributed by atoms with van der Waals surface area (Å²) in [5, 5.41) is 2.00. The molecule has 0 fully saturated rings. The van der Waals surface area contributed by atoms with Crippen LogP contribution in [0.3, 0.4) is 0 Å². The summed E-state index contributed by atoms with van der Waals surface area (Å²) in [4.78, 5) is 15.7. The summed E-state index contributed by atoms with van der Waals surface area (Å²) in [5.41, 5.74) is 1.01. The van der Waals surface area contributed by atoms with Gasteiger partial charge in [-0.3, -0.25) is 4.79 Å². The van der Waals surface area contributed by atoms with Gasteiger partial charge in [-0.25, -0.2) is 0 Å². The molecule has 0 aliphatic rings. The summed E-state index contributed by atoms with van der Waals surface area (Å²) in [7, 11) is 1.59. The average molecular weight is 397 g/mol. The smallest absolute Gasteiger partial charge is 0.261 e. The summed E-state index contributed by atoms with van der Waals surface area (Å²) in [6.45, 7) is 2.78. The van der Waals surface area contributed by atoms with Crippen LogP contribution >= 0.6 is 11.3 Å². The Morgan fingerprint density at radius 3 is 2.75 bits per heavy atom. The number of thiophene rings is 1. The highest BCUT2D eigenvalue weighted by molar-refractivity contribution is 7.09. The van der Waals surface area contributed by atoms with Gasteiger partial charge >= 0.3 is 0 Å². The van der Waals surface area contributed by atoms with Gasteiger partial charge < -0.3 is 18.8 Å². The highest BCUT2D eigenvalue weighted by atomic mass is 32.1. The Hall–Kier alpha value is -2.99. The molecule has 0 aliphatic carbocycles. The number of methoxy groups -OCH3 is 1. The maximum Gasteiger partial charge on any atom is 0.261 e. The van der Waals surface area contributed by atoms with Crippen molar-refractivity contribution in [2.45, 2.75) is 20.0 Å². The fourth-order valence-electron chi connectivity index (χ4n) is 2.74. The number of carbonyl (C=O) groups excluding carboxylic acids is 1. The second-order valence-corrected chi connectivity index (χ2v) is 7.14. The van der Waals surface area contributed by atoms with Crippen LogP contribution in [0.5, 0.6) is 11.5 Å². The van der Waals surface area contributed by atoms with E-state index >= 15 is 0 Å². The van der Waals surface area contributed by atoms with Crippen molar-refractivity contribution in [1.82, 2.24) is 4.90 Å². The zero-order chi connectivity index (χ0) is 19.8. The van der Waals surface area contributed by atoms with Gasteiger partial charge in [-0.1, -0.05) is 24.3 Å². The van der Waals surface area contributed by atoms with Crippen molar-refractivity contribution in [1.29, 1.82) is 0 Å². The van der Waals surface area contributed by atoms with Gasteiger partial charge in [-0.05, 0) is 48.2 Å². The molecule has 0 atom stereocenters. The second kappa shape index (κ2) is 9.80. The first-order chi connectivity index (χ1) is 13.7. The number of nitrogens with zero attached hydrogens (tertiary/aromatic N) is 1. The molecule has 2 aromatic heterocycles. The van der Waals surface area contributed by atoms with Crippen LogP contribution in [0.4, 0.5) is 0 Å². The van der Waals surface area contributed by atoms with Crippen LogP contribution in [0.1, 0.15) is 23.1 Å². The van der Waals surface area contributed by atoms with Crippen molar-refractivity contribution >= 4 is 23.3 Å². The maximum absolute atomic E-state index is 12.8. The Labute approximate surface area is 168 Å². The highest BCUT2D eigenvalue weighted by Gasteiger charge is 2.18. The van der Waals surface area contributed by atoms with Crippen LogP contribution in [0.15, 0.2) is 64.6 Å². The van der Waals surface area contributed by atoms with Gasteiger partial charge in [0.2, 0.25) is 0 Å². The first-order valence-electron chi connectivity index (χ1n) is 8.95. The summed E-state index contributed by atoms with van der Waals surface area (Å²) in [6.07, 6.45) is 5.54. The molecule has 0 N–H and O–H groups in total. The molecule has 0 saturated heterocycles. The van der Waals surface area contributed by atoms with Crippen LogP contribution < -0.4 is 9.47 Å². The molecule has 28 heavy (non-hydrogen) atoms. The monoisotopic (exact) mass is 397 g/mol. The molecular weight excluding hydrogens is 374 g/mol. The third-order valence-corrected chi connectivity index (χ3v) is 4.97. The van der Waals surface area contributed by atoms with Gasteiger partial charge in [0.05, 0.1) is 26.5 Å². The van der Waals surface area contributed by atoms with Crippen molar-refractivity contribution in [3.8, 4) is 11.5 Å². The van der Waals surface area contributed by atoms with E-state index in [1.54, 1.807) is 29.6 Å². The lowest BCUT2D eigenvalue weighted by molar-refractivity contribution is -0.134. The first-order valence-corrected chi connectivity index (χ1v) is 9.83. The molecule has 0 unspecified atom stereocenters. The van der Waals surface area contributed by atoms with Gasteiger partial charge in [-0.2, -0.15) is 0 Å². The van der Waals surface area contributed by atoms with E-state index in [0.717, 1.165) is 16.2 Å². The summed E-state index contributed by atoms with van der Waals surface area (Å²) >= 11 is 1.62. The van der Waals surface area contributed by atoms with Crippen molar-refractivity contribution in [3.05, 3.63) is 76.4 Å². The van der Waals surface area contributed by atoms with E-state index in [1.807, 2.05) is 66.9 Å². The largest absolute Gasteiger partial charge is 0.493 e.